The van der Waals surface area contributed by atoms with Gasteiger partial charge < -0.3 is 4.74 Å². The molecule has 2 amide bonds. The summed E-state index contributed by atoms with van der Waals surface area (Å²) in [6.45, 7) is 2.27. The van der Waals surface area contributed by atoms with Gasteiger partial charge in [-0.25, -0.2) is 4.79 Å². The second-order valence-corrected chi connectivity index (χ2v) is 7.83. The summed E-state index contributed by atoms with van der Waals surface area (Å²) in [6.07, 6.45) is 3.04. The third-order valence-electron chi connectivity index (χ3n) is 5.97. The molecule has 0 spiro atoms. The van der Waals surface area contributed by atoms with Crippen molar-refractivity contribution in [2.75, 3.05) is 11.5 Å². The topological polar surface area (TPSA) is 63.7 Å². The molecule has 2 aromatic rings. The zero-order valence-corrected chi connectivity index (χ0v) is 16.5. The fourth-order valence-electron chi connectivity index (χ4n) is 4.51. The molecule has 4 rings (SSSR count). The Labute approximate surface area is 170 Å². The summed E-state index contributed by atoms with van der Waals surface area (Å²) < 4.78 is 5.18. The molecule has 2 fully saturated rings. The Kier molecular flexibility index (Phi) is 5.47. The van der Waals surface area contributed by atoms with Gasteiger partial charge in [0.25, 0.3) is 0 Å². The molecule has 5 heteroatoms. The minimum Gasteiger partial charge on any atom is -0.462 e. The van der Waals surface area contributed by atoms with Crippen LogP contribution < -0.4 is 4.90 Å². The Bertz CT molecular complexity index is 923. The molecule has 0 unspecified atom stereocenters. The summed E-state index contributed by atoms with van der Waals surface area (Å²) in [5.74, 6) is -1.00. The lowest BCUT2D eigenvalue weighted by Gasteiger charge is -2.28. The van der Waals surface area contributed by atoms with Crippen LogP contribution in [0.5, 0.6) is 0 Å². The van der Waals surface area contributed by atoms with E-state index < -0.39 is 5.97 Å². The van der Waals surface area contributed by atoms with Crippen LogP contribution in [-0.2, 0) is 14.3 Å². The monoisotopic (exact) mass is 391 g/mol. The zero-order valence-electron chi connectivity index (χ0n) is 16.5. The first-order valence-electron chi connectivity index (χ1n) is 10.3. The number of imide groups is 1. The van der Waals surface area contributed by atoms with Gasteiger partial charge in [-0.05, 0) is 55.4 Å². The van der Waals surface area contributed by atoms with E-state index in [2.05, 4.69) is 12.1 Å². The molecule has 1 saturated heterocycles. The average molecular weight is 391 g/mol. The molecule has 0 aromatic heterocycles. The molecule has 29 heavy (non-hydrogen) atoms. The van der Waals surface area contributed by atoms with Crippen LogP contribution in [0.1, 0.15) is 54.4 Å². The van der Waals surface area contributed by atoms with Crippen LogP contribution in [0.25, 0.3) is 0 Å². The third kappa shape index (κ3) is 3.69. The van der Waals surface area contributed by atoms with E-state index in [1.807, 2.05) is 25.1 Å². The van der Waals surface area contributed by atoms with Crippen LogP contribution in [-0.4, -0.2) is 24.4 Å². The summed E-state index contributed by atoms with van der Waals surface area (Å²) in [7, 11) is 0. The van der Waals surface area contributed by atoms with Crippen LogP contribution in [0.4, 0.5) is 5.69 Å². The Morgan fingerprint density at radius 1 is 1.00 bits per heavy atom. The maximum Gasteiger partial charge on any atom is 0.338 e. The van der Waals surface area contributed by atoms with Gasteiger partial charge in [-0.3, -0.25) is 14.5 Å². The minimum atomic E-state index is -0.436. The van der Waals surface area contributed by atoms with Crippen molar-refractivity contribution in [1.29, 1.82) is 0 Å². The Morgan fingerprint density at radius 3 is 2.52 bits per heavy atom. The van der Waals surface area contributed by atoms with Crippen molar-refractivity contribution in [2.24, 2.45) is 11.8 Å². The van der Waals surface area contributed by atoms with Crippen LogP contribution >= 0.6 is 0 Å². The normalized spacial score (nSPS) is 23.8. The van der Waals surface area contributed by atoms with E-state index in [1.165, 1.54) is 10.5 Å². The number of anilines is 1. The van der Waals surface area contributed by atoms with E-state index in [0.717, 1.165) is 12.8 Å². The van der Waals surface area contributed by atoms with Crippen molar-refractivity contribution < 1.29 is 19.1 Å². The molecular formula is C24H25NO4. The first-order valence-corrected chi connectivity index (χ1v) is 10.3. The smallest absolute Gasteiger partial charge is 0.338 e. The maximum atomic E-state index is 13.2. The Hall–Kier alpha value is -2.95. The second kappa shape index (κ2) is 8.19. The molecule has 3 atom stereocenters. The predicted molar refractivity (Wildman–Crippen MR) is 110 cm³/mol. The molecule has 0 bridgehead atoms. The standard InChI is InChI=1S/C24H25NO4/c1-2-13-29-24(28)18-9-6-10-19(14-18)25-22(26)20-12-11-17(15-21(20)23(25)27)16-7-4-3-5-8-16/h3-10,14,17,20-21H,2,11-13,15H2,1H3/t17-,20+,21+/m0/s1. The SMILES string of the molecule is CCCOC(=O)c1cccc(N2C(=O)[C@@H]3CC[C@H](c4ccccc4)C[C@H]3C2=O)c1. The van der Waals surface area contributed by atoms with Gasteiger partial charge in [0.2, 0.25) is 11.8 Å². The number of rotatable bonds is 5. The number of amides is 2. The van der Waals surface area contributed by atoms with Crippen LogP contribution in [0.2, 0.25) is 0 Å². The predicted octanol–water partition coefficient (Wildman–Crippen LogP) is 4.33. The Balaban J connectivity index is 1.55. The number of fused-ring (bicyclic) bond motifs is 1. The number of hydrogen-bond donors (Lipinski definition) is 0. The number of nitrogens with zero attached hydrogens (tertiary/aromatic N) is 1. The third-order valence-corrected chi connectivity index (χ3v) is 5.97. The molecule has 2 aromatic carbocycles. The highest BCUT2D eigenvalue weighted by atomic mass is 16.5. The van der Waals surface area contributed by atoms with Crippen LogP contribution in [0.3, 0.4) is 0 Å². The highest BCUT2D eigenvalue weighted by Gasteiger charge is 2.50. The molecule has 0 N–H and O–H groups in total. The molecule has 1 heterocycles. The lowest BCUT2D eigenvalue weighted by molar-refractivity contribution is -0.122. The fourth-order valence-corrected chi connectivity index (χ4v) is 4.51. The number of carbonyl (C=O) groups excluding carboxylic acids is 3. The van der Waals surface area contributed by atoms with Gasteiger partial charge in [-0.15, -0.1) is 0 Å². The quantitative estimate of drug-likeness (QED) is 0.562. The maximum absolute atomic E-state index is 13.2. The molecule has 0 radical (unpaired) electrons. The van der Waals surface area contributed by atoms with Crippen molar-refractivity contribution in [2.45, 2.75) is 38.5 Å². The van der Waals surface area contributed by atoms with E-state index in [1.54, 1.807) is 24.3 Å². The molecule has 5 nitrogen and oxygen atoms in total. The fraction of sp³-hybridized carbons (Fsp3) is 0.375. The first kappa shape index (κ1) is 19.4. The van der Waals surface area contributed by atoms with E-state index in [-0.39, 0.29) is 23.7 Å². The van der Waals surface area contributed by atoms with E-state index in [4.69, 9.17) is 4.74 Å². The van der Waals surface area contributed by atoms with E-state index >= 15 is 0 Å². The highest BCUT2D eigenvalue weighted by Crippen LogP contribution is 2.45. The second-order valence-electron chi connectivity index (χ2n) is 7.83. The van der Waals surface area contributed by atoms with Crippen molar-refractivity contribution in [3.63, 3.8) is 0 Å². The lowest BCUT2D eigenvalue weighted by atomic mass is 9.73. The molecule has 1 aliphatic heterocycles. The molecular weight excluding hydrogens is 366 g/mol. The van der Waals surface area contributed by atoms with Crippen molar-refractivity contribution in [3.8, 4) is 0 Å². The summed E-state index contributed by atoms with van der Waals surface area (Å²) in [4.78, 5) is 39.7. The van der Waals surface area contributed by atoms with E-state index in [9.17, 15) is 14.4 Å². The van der Waals surface area contributed by atoms with E-state index in [0.29, 0.717) is 36.6 Å². The summed E-state index contributed by atoms with van der Waals surface area (Å²) >= 11 is 0. The lowest BCUT2D eigenvalue weighted by Crippen LogP contribution is -2.31. The number of ether oxygens (including phenoxy) is 1. The summed E-state index contributed by atoms with van der Waals surface area (Å²) in [6, 6.07) is 16.8. The van der Waals surface area contributed by atoms with Gasteiger partial charge in [-0.1, -0.05) is 43.3 Å². The van der Waals surface area contributed by atoms with Gasteiger partial charge in [0.05, 0.1) is 29.7 Å². The summed E-state index contributed by atoms with van der Waals surface area (Å²) in [5.41, 5.74) is 2.04. The summed E-state index contributed by atoms with van der Waals surface area (Å²) in [5, 5.41) is 0. The van der Waals surface area contributed by atoms with Crippen molar-refractivity contribution in [3.05, 3.63) is 65.7 Å². The van der Waals surface area contributed by atoms with Gasteiger partial charge in [0.1, 0.15) is 0 Å². The van der Waals surface area contributed by atoms with Gasteiger partial charge in [-0.2, -0.15) is 0 Å². The van der Waals surface area contributed by atoms with Gasteiger partial charge in [0.15, 0.2) is 0 Å². The number of carbonyl (C=O) groups is 3. The number of hydrogen-bond acceptors (Lipinski definition) is 4. The molecule has 1 saturated carbocycles. The zero-order chi connectivity index (χ0) is 20.4. The van der Waals surface area contributed by atoms with Gasteiger partial charge >= 0.3 is 5.97 Å². The van der Waals surface area contributed by atoms with Crippen LogP contribution in [0, 0.1) is 11.8 Å². The van der Waals surface area contributed by atoms with Gasteiger partial charge in [0, 0.05) is 0 Å². The Morgan fingerprint density at radius 2 is 1.76 bits per heavy atom. The average Bonchev–Trinajstić information content (AvgIpc) is 3.02. The largest absolute Gasteiger partial charge is 0.462 e. The molecule has 2 aliphatic rings. The molecule has 1 aliphatic carbocycles. The molecule has 150 valence electrons. The number of benzene rings is 2. The minimum absolute atomic E-state index is 0.148. The van der Waals surface area contributed by atoms with Crippen molar-refractivity contribution >= 4 is 23.5 Å². The van der Waals surface area contributed by atoms with Crippen molar-refractivity contribution in [1.82, 2.24) is 0 Å². The van der Waals surface area contributed by atoms with Crippen LogP contribution in [0.15, 0.2) is 54.6 Å². The highest BCUT2D eigenvalue weighted by molar-refractivity contribution is 6.22. The number of esters is 1. The first-order chi connectivity index (χ1) is 14.1.